The van der Waals surface area contributed by atoms with Gasteiger partial charge in [0.05, 0.1) is 0 Å². The third-order valence-corrected chi connectivity index (χ3v) is 1.46. The van der Waals surface area contributed by atoms with Crippen LogP contribution >= 0.6 is 0 Å². The number of benzene rings is 1. The molecular weight excluding hydrogens is 166 g/mol. The number of hydrogen-bond donors (Lipinski definition) is 2. The van der Waals surface area contributed by atoms with E-state index in [4.69, 9.17) is 5.73 Å². The second-order valence-electron chi connectivity index (χ2n) is 2.42. The number of aromatic nitrogens is 4. The molecule has 68 valence electrons. The lowest BCUT2D eigenvalue weighted by molar-refractivity contribution is 0.881. The lowest BCUT2D eigenvalue weighted by Crippen LogP contribution is -1.85. The van der Waals surface area contributed by atoms with E-state index in [2.05, 4.69) is 20.6 Å². The zero-order valence-electron chi connectivity index (χ0n) is 7.31. The van der Waals surface area contributed by atoms with Gasteiger partial charge in [-0.2, -0.15) is 0 Å². The molecule has 0 amide bonds. The molecule has 0 saturated heterocycles. The van der Waals surface area contributed by atoms with Gasteiger partial charge in [0.1, 0.15) is 6.33 Å². The SMILES string of the molecule is Cc1ccccc1N.c1nnn[nH]1. The van der Waals surface area contributed by atoms with Crippen LogP contribution in [-0.4, -0.2) is 20.6 Å². The van der Waals surface area contributed by atoms with Crippen LogP contribution in [0, 0.1) is 6.92 Å². The first-order valence-corrected chi connectivity index (χ1v) is 3.79. The molecule has 0 atom stereocenters. The first-order valence-electron chi connectivity index (χ1n) is 3.79. The van der Waals surface area contributed by atoms with E-state index in [-0.39, 0.29) is 0 Å². The Labute approximate surface area is 76.0 Å². The monoisotopic (exact) mass is 177 g/mol. The molecule has 2 rings (SSSR count). The van der Waals surface area contributed by atoms with Crippen molar-refractivity contribution in [3.05, 3.63) is 36.2 Å². The quantitative estimate of drug-likeness (QED) is 0.582. The molecule has 5 heteroatoms. The second kappa shape index (κ2) is 4.87. The van der Waals surface area contributed by atoms with Crippen LogP contribution in [0.15, 0.2) is 30.6 Å². The lowest BCUT2D eigenvalue weighted by atomic mass is 10.2. The van der Waals surface area contributed by atoms with E-state index in [1.807, 2.05) is 31.2 Å². The van der Waals surface area contributed by atoms with E-state index in [0.717, 1.165) is 11.3 Å². The van der Waals surface area contributed by atoms with E-state index in [9.17, 15) is 0 Å². The minimum atomic E-state index is 0.868. The van der Waals surface area contributed by atoms with Crippen LogP contribution in [-0.2, 0) is 0 Å². The Morgan fingerprint density at radius 3 is 2.38 bits per heavy atom. The van der Waals surface area contributed by atoms with Gasteiger partial charge in [-0.1, -0.05) is 18.2 Å². The van der Waals surface area contributed by atoms with Gasteiger partial charge < -0.3 is 5.73 Å². The highest BCUT2D eigenvalue weighted by atomic mass is 15.5. The van der Waals surface area contributed by atoms with Crippen LogP contribution in [0.25, 0.3) is 0 Å². The molecule has 1 aromatic carbocycles. The van der Waals surface area contributed by atoms with Crippen molar-refractivity contribution in [2.24, 2.45) is 0 Å². The van der Waals surface area contributed by atoms with Crippen molar-refractivity contribution in [2.75, 3.05) is 5.73 Å². The molecular formula is C8H11N5. The zero-order valence-corrected chi connectivity index (χ0v) is 7.31. The lowest BCUT2D eigenvalue weighted by Gasteiger charge is -1.93. The van der Waals surface area contributed by atoms with Gasteiger partial charge in [0.2, 0.25) is 0 Å². The summed E-state index contributed by atoms with van der Waals surface area (Å²) >= 11 is 0. The second-order valence-corrected chi connectivity index (χ2v) is 2.42. The van der Waals surface area contributed by atoms with Gasteiger partial charge in [-0.05, 0) is 29.0 Å². The predicted octanol–water partition coefficient (Wildman–Crippen LogP) is 0.777. The number of nitrogen functional groups attached to an aromatic ring is 1. The summed E-state index contributed by atoms with van der Waals surface area (Å²) in [5.41, 5.74) is 7.53. The number of nitrogens with one attached hydrogen (secondary N) is 1. The number of nitrogens with zero attached hydrogens (tertiary/aromatic N) is 3. The average molecular weight is 177 g/mol. The van der Waals surface area contributed by atoms with Crippen molar-refractivity contribution in [3.63, 3.8) is 0 Å². The third kappa shape index (κ3) is 3.33. The van der Waals surface area contributed by atoms with Crippen LogP contribution in [0.4, 0.5) is 5.69 Å². The van der Waals surface area contributed by atoms with E-state index in [1.54, 1.807) is 0 Å². The largest absolute Gasteiger partial charge is 0.399 e. The number of aromatic amines is 1. The summed E-state index contributed by atoms with van der Waals surface area (Å²) in [5.74, 6) is 0. The van der Waals surface area contributed by atoms with Gasteiger partial charge >= 0.3 is 0 Å². The van der Waals surface area contributed by atoms with E-state index in [1.165, 1.54) is 6.33 Å². The van der Waals surface area contributed by atoms with Crippen molar-refractivity contribution in [2.45, 2.75) is 6.92 Å². The first kappa shape index (κ1) is 9.18. The molecule has 0 saturated carbocycles. The number of hydrogen-bond acceptors (Lipinski definition) is 4. The summed E-state index contributed by atoms with van der Waals surface area (Å²) in [6.45, 7) is 2.00. The fourth-order valence-electron chi connectivity index (χ4n) is 0.716. The van der Waals surface area contributed by atoms with Crippen LogP contribution in [0.1, 0.15) is 5.56 Å². The highest BCUT2D eigenvalue weighted by Gasteiger charge is 1.84. The molecule has 1 heterocycles. The molecule has 0 aliphatic rings. The van der Waals surface area contributed by atoms with Crippen LogP contribution in [0.5, 0.6) is 0 Å². The van der Waals surface area contributed by atoms with Crippen LogP contribution in [0.2, 0.25) is 0 Å². The zero-order chi connectivity index (χ0) is 9.52. The number of aryl methyl sites for hydroxylation is 1. The molecule has 0 aliphatic carbocycles. The van der Waals surface area contributed by atoms with Gasteiger partial charge in [-0.25, -0.2) is 5.10 Å². The van der Waals surface area contributed by atoms with Gasteiger partial charge in [0.25, 0.3) is 0 Å². The van der Waals surface area contributed by atoms with Crippen molar-refractivity contribution >= 4 is 5.69 Å². The van der Waals surface area contributed by atoms with E-state index in [0.29, 0.717) is 0 Å². The minimum absolute atomic E-state index is 0.868. The van der Waals surface area contributed by atoms with Crippen molar-refractivity contribution < 1.29 is 0 Å². The van der Waals surface area contributed by atoms with Gasteiger partial charge in [0, 0.05) is 5.69 Å². The van der Waals surface area contributed by atoms with Gasteiger partial charge in [0.15, 0.2) is 0 Å². The van der Waals surface area contributed by atoms with E-state index < -0.39 is 0 Å². The highest BCUT2D eigenvalue weighted by Crippen LogP contribution is 2.06. The summed E-state index contributed by atoms with van der Waals surface area (Å²) in [6, 6.07) is 7.80. The predicted molar refractivity (Wildman–Crippen MR) is 49.8 cm³/mol. The summed E-state index contributed by atoms with van der Waals surface area (Å²) in [6.07, 6.45) is 1.40. The Hall–Kier alpha value is -1.91. The van der Waals surface area contributed by atoms with Gasteiger partial charge in [-0.15, -0.1) is 5.10 Å². The molecule has 0 spiro atoms. The third-order valence-electron chi connectivity index (χ3n) is 1.46. The highest BCUT2D eigenvalue weighted by molar-refractivity contribution is 5.44. The Bertz CT molecular complexity index is 292. The molecule has 0 bridgehead atoms. The maximum absolute atomic E-state index is 5.52. The summed E-state index contributed by atoms with van der Waals surface area (Å²) in [5, 5.41) is 12.1. The normalized spacial score (nSPS) is 8.69. The molecule has 0 unspecified atom stereocenters. The number of para-hydroxylation sites is 1. The number of tetrazole rings is 1. The Balaban J connectivity index is 0.000000145. The Kier molecular flexibility index (Phi) is 3.44. The maximum atomic E-state index is 5.52. The molecule has 0 aliphatic heterocycles. The molecule has 2 aromatic rings. The maximum Gasteiger partial charge on any atom is 0.135 e. The van der Waals surface area contributed by atoms with E-state index >= 15 is 0 Å². The first-order chi connectivity index (χ1) is 6.30. The van der Waals surface area contributed by atoms with Crippen molar-refractivity contribution in [1.82, 2.24) is 20.6 Å². The number of H-pyrrole nitrogens is 1. The number of rotatable bonds is 0. The minimum Gasteiger partial charge on any atom is -0.399 e. The van der Waals surface area contributed by atoms with Crippen molar-refractivity contribution in [1.29, 1.82) is 0 Å². The molecule has 1 aromatic heterocycles. The summed E-state index contributed by atoms with van der Waals surface area (Å²) in [4.78, 5) is 0. The number of anilines is 1. The summed E-state index contributed by atoms with van der Waals surface area (Å²) in [7, 11) is 0. The summed E-state index contributed by atoms with van der Waals surface area (Å²) < 4.78 is 0. The smallest absolute Gasteiger partial charge is 0.135 e. The topological polar surface area (TPSA) is 80.5 Å². The molecule has 0 radical (unpaired) electrons. The Morgan fingerprint density at radius 2 is 2.08 bits per heavy atom. The molecule has 13 heavy (non-hydrogen) atoms. The standard InChI is InChI=1S/C7H9N.CH2N4/c1-6-4-2-3-5-7(6)8;1-2-4-5-3-1/h2-5H,8H2,1H3;1H,(H,2,3,4,5). The molecule has 5 nitrogen and oxygen atoms in total. The van der Waals surface area contributed by atoms with Gasteiger partial charge in [-0.3, -0.25) is 0 Å². The van der Waals surface area contributed by atoms with Crippen LogP contribution < -0.4 is 5.73 Å². The average Bonchev–Trinajstić information content (AvgIpc) is 2.68. The fourth-order valence-corrected chi connectivity index (χ4v) is 0.716. The Morgan fingerprint density at radius 1 is 1.31 bits per heavy atom. The molecule has 0 fully saturated rings. The fraction of sp³-hybridized carbons (Fsp3) is 0.125. The van der Waals surface area contributed by atoms with Crippen molar-refractivity contribution in [3.8, 4) is 0 Å². The molecule has 3 N–H and O–H groups in total. The number of nitrogens with two attached hydrogens (primary N) is 1. The van der Waals surface area contributed by atoms with Crippen LogP contribution in [0.3, 0.4) is 0 Å².